The normalized spacial score (nSPS) is 13.5. The van der Waals surface area contributed by atoms with Crippen LogP contribution >= 0.6 is 0 Å². The lowest BCUT2D eigenvalue weighted by Gasteiger charge is -1.99. The molecule has 2 N–H and O–H groups in total. The second kappa shape index (κ2) is 1.95. The van der Waals surface area contributed by atoms with Gasteiger partial charge in [0.2, 0.25) is 18.3 Å². The summed E-state index contributed by atoms with van der Waals surface area (Å²) in [5.41, 5.74) is 0. The summed E-state index contributed by atoms with van der Waals surface area (Å²) < 4.78 is 9.76. The van der Waals surface area contributed by atoms with Crippen molar-refractivity contribution in [1.29, 1.82) is 0 Å². The quantitative estimate of drug-likeness (QED) is 0.543. The van der Waals surface area contributed by atoms with Crippen molar-refractivity contribution >= 4 is 0 Å². The van der Waals surface area contributed by atoms with E-state index >= 15 is 0 Å². The number of phenolic OH excluding ortho intramolecular Hbond substituents is 2. The molecule has 1 aromatic carbocycles. The predicted molar refractivity (Wildman–Crippen MR) is 35.9 cm³/mol. The first-order valence-electron chi connectivity index (χ1n) is 3.09. The average molecular weight is 154 g/mol. The summed E-state index contributed by atoms with van der Waals surface area (Å²) in [5.74, 6) is 0.389. The van der Waals surface area contributed by atoms with Crippen LogP contribution in [0.25, 0.3) is 0 Å². The van der Waals surface area contributed by atoms with E-state index in [0.717, 1.165) is 0 Å². The van der Waals surface area contributed by atoms with Gasteiger partial charge in [0.1, 0.15) is 0 Å². The van der Waals surface area contributed by atoms with Crippen molar-refractivity contribution in [2.24, 2.45) is 0 Å². The van der Waals surface area contributed by atoms with Gasteiger partial charge < -0.3 is 19.7 Å². The molecule has 0 unspecified atom stereocenters. The molecule has 11 heavy (non-hydrogen) atoms. The third-order valence-corrected chi connectivity index (χ3v) is 1.48. The molecule has 58 valence electrons. The Balaban J connectivity index is 2.64. The number of phenols is 2. The molecule has 1 aromatic rings. The Morgan fingerprint density at radius 1 is 1.00 bits per heavy atom. The molecule has 0 bridgehead atoms. The summed E-state index contributed by atoms with van der Waals surface area (Å²) in [5, 5.41) is 18.3. The van der Waals surface area contributed by atoms with Crippen molar-refractivity contribution in [2.45, 2.75) is 0 Å². The number of ether oxygens (including phenoxy) is 2. The largest absolute Gasteiger partial charge is 0.504 e. The zero-order chi connectivity index (χ0) is 7.84. The maximum absolute atomic E-state index is 9.14. The van der Waals surface area contributed by atoms with Crippen LogP contribution in [0.3, 0.4) is 0 Å². The molecular weight excluding hydrogens is 148 g/mol. The Hall–Kier alpha value is -1.58. The highest BCUT2D eigenvalue weighted by molar-refractivity contribution is 5.58. The van der Waals surface area contributed by atoms with Crippen molar-refractivity contribution in [3.63, 3.8) is 0 Å². The molecule has 4 nitrogen and oxygen atoms in total. The molecule has 0 saturated carbocycles. The first-order valence-corrected chi connectivity index (χ1v) is 3.09. The van der Waals surface area contributed by atoms with E-state index in [1.54, 1.807) is 0 Å². The van der Waals surface area contributed by atoms with Gasteiger partial charge >= 0.3 is 0 Å². The number of benzene rings is 1. The molecule has 4 heteroatoms. The standard InChI is InChI=1S/C7H6O4/c8-4-1-2-5(9)7-6(4)10-3-11-7/h1-2,8-9H,3H2. The molecule has 0 amide bonds. The van der Waals surface area contributed by atoms with Crippen molar-refractivity contribution in [1.82, 2.24) is 0 Å². The van der Waals surface area contributed by atoms with E-state index in [2.05, 4.69) is 0 Å². The minimum atomic E-state index is -0.0182. The fraction of sp³-hybridized carbons (Fsp3) is 0.143. The van der Waals surface area contributed by atoms with Crippen LogP contribution in [-0.4, -0.2) is 17.0 Å². The first-order chi connectivity index (χ1) is 5.29. The molecule has 1 aliphatic heterocycles. The zero-order valence-electron chi connectivity index (χ0n) is 5.57. The van der Waals surface area contributed by atoms with E-state index in [4.69, 9.17) is 19.7 Å². The molecule has 0 fully saturated rings. The highest BCUT2D eigenvalue weighted by Crippen LogP contribution is 2.45. The van der Waals surface area contributed by atoms with Gasteiger partial charge in [0.05, 0.1) is 0 Å². The van der Waals surface area contributed by atoms with Crippen molar-refractivity contribution in [3.05, 3.63) is 12.1 Å². The van der Waals surface area contributed by atoms with Gasteiger partial charge in [-0.15, -0.1) is 0 Å². The third kappa shape index (κ3) is 0.756. The van der Waals surface area contributed by atoms with Crippen molar-refractivity contribution in [2.75, 3.05) is 6.79 Å². The number of rotatable bonds is 0. The van der Waals surface area contributed by atoms with Crippen LogP contribution in [-0.2, 0) is 0 Å². The monoisotopic (exact) mass is 154 g/mol. The van der Waals surface area contributed by atoms with Crippen LogP contribution in [0.4, 0.5) is 0 Å². The highest BCUT2D eigenvalue weighted by Gasteiger charge is 2.21. The second-order valence-corrected chi connectivity index (χ2v) is 2.17. The van der Waals surface area contributed by atoms with Crippen molar-refractivity contribution in [3.8, 4) is 23.0 Å². The lowest BCUT2D eigenvalue weighted by molar-refractivity contribution is 0.169. The Labute approximate surface area is 62.6 Å². The highest BCUT2D eigenvalue weighted by atomic mass is 16.7. The summed E-state index contributed by atoms with van der Waals surface area (Å²) in [6.45, 7) is 0.0421. The van der Waals surface area contributed by atoms with E-state index in [0.29, 0.717) is 0 Å². The summed E-state index contributed by atoms with van der Waals surface area (Å²) in [6, 6.07) is 2.70. The van der Waals surface area contributed by atoms with E-state index < -0.39 is 0 Å². The van der Waals surface area contributed by atoms with Crippen LogP contribution in [0.1, 0.15) is 0 Å². The molecule has 0 atom stereocenters. The Bertz CT molecular complexity index is 266. The summed E-state index contributed by atoms with van der Waals surface area (Å²) in [4.78, 5) is 0. The van der Waals surface area contributed by atoms with Gasteiger partial charge in [0, 0.05) is 0 Å². The fourth-order valence-corrected chi connectivity index (χ4v) is 0.968. The van der Waals surface area contributed by atoms with Crippen LogP contribution < -0.4 is 9.47 Å². The van der Waals surface area contributed by atoms with Gasteiger partial charge in [-0.3, -0.25) is 0 Å². The lowest BCUT2D eigenvalue weighted by Crippen LogP contribution is -1.93. The summed E-state index contributed by atoms with van der Waals surface area (Å²) >= 11 is 0. The SMILES string of the molecule is Oc1ccc(O)c2c1OCO2. The summed E-state index contributed by atoms with van der Waals surface area (Å²) in [6.07, 6.45) is 0. The Morgan fingerprint density at radius 3 is 1.91 bits per heavy atom. The van der Waals surface area contributed by atoms with Crippen LogP contribution in [0.5, 0.6) is 23.0 Å². The molecule has 1 heterocycles. The summed E-state index contributed by atoms with van der Waals surface area (Å²) in [7, 11) is 0. The minimum Gasteiger partial charge on any atom is -0.504 e. The van der Waals surface area contributed by atoms with E-state index in [9.17, 15) is 0 Å². The van der Waals surface area contributed by atoms with Crippen LogP contribution in [0, 0.1) is 0 Å². The van der Waals surface area contributed by atoms with E-state index in [1.807, 2.05) is 0 Å². The zero-order valence-corrected chi connectivity index (χ0v) is 5.57. The van der Waals surface area contributed by atoms with Gasteiger partial charge in [0.25, 0.3) is 0 Å². The van der Waals surface area contributed by atoms with Gasteiger partial charge in [-0.25, -0.2) is 0 Å². The number of fused-ring (bicyclic) bond motifs is 1. The van der Waals surface area contributed by atoms with Gasteiger partial charge in [-0.05, 0) is 12.1 Å². The minimum absolute atomic E-state index is 0.0182. The molecule has 0 radical (unpaired) electrons. The number of hydrogen-bond acceptors (Lipinski definition) is 4. The number of hydrogen-bond donors (Lipinski definition) is 2. The Morgan fingerprint density at radius 2 is 1.45 bits per heavy atom. The number of aromatic hydroxyl groups is 2. The van der Waals surface area contributed by atoms with Gasteiger partial charge in [0.15, 0.2) is 11.5 Å². The lowest BCUT2D eigenvalue weighted by atomic mass is 10.3. The predicted octanol–water partition coefficient (Wildman–Crippen LogP) is 0.826. The molecular formula is C7H6O4. The van der Waals surface area contributed by atoms with E-state index in [1.165, 1.54) is 12.1 Å². The van der Waals surface area contributed by atoms with Crippen LogP contribution in [0.15, 0.2) is 12.1 Å². The first kappa shape index (κ1) is 6.15. The fourth-order valence-electron chi connectivity index (χ4n) is 0.968. The molecule has 1 aliphatic rings. The van der Waals surface area contributed by atoms with Gasteiger partial charge in [-0.1, -0.05) is 0 Å². The Kier molecular flexibility index (Phi) is 1.09. The van der Waals surface area contributed by atoms with Crippen molar-refractivity contribution < 1.29 is 19.7 Å². The molecule has 0 aromatic heterocycles. The molecule has 0 saturated heterocycles. The van der Waals surface area contributed by atoms with E-state index in [-0.39, 0.29) is 29.8 Å². The molecule has 0 aliphatic carbocycles. The third-order valence-electron chi connectivity index (χ3n) is 1.48. The maximum Gasteiger partial charge on any atom is 0.231 e. The molecule has 2 rings (SSSR count). The average Bonchev–Trinajstić information content (AvgIpc) is 2.45. The second-order valence-electron chi connectivity index (χ2n) is 2.17. The maximum atomic E-state index is 9.14. The van der Waals surface area contributed by atoms with Gasteiger partial charge in [-0.2, -0.15) is 0 Å². The smallest absolute Gasteiger partial charge is 0.231 e. The topological polar surface area (TPSA) is 58.9 Å². The molecule has 0 spiro atoms. The van der Waals surface area contributed by atoms with Crippen LogP contribution in [0.2, 0.25) is 0 Å².